The van der Waals surface area contributed by atoms with Gasteiger partial charge in [0.2, 0.25) is 5.91 Å². The highest BCUT2D eigenvalue weighted by molar-refractivity contribution is 6.01. The van der Waals surface area contributed by atoms with Crippen LogP contribution in [0.25, 0.3) is 0 Å². The van der Waals surface area contributed by atoms with Gasteiger partial charge in [0, 0.05) is 25.2 Å². The van der Waals surface area contributed by atoms with E-state index in [-0.39, 0.29) is 23.9 Å². The number of nitrogens with zero attached hydrogens (tertiary/aromatic N) is 2. The Balaban J connectivity index is 1.63. The standard InChI is InChI=1S/C29H36N2O4/c1-4-34-24-17-19-15-16-31-27(23(19)18-25(24)35-5-2)26(21-13-9-10-14-22(21)28(31)32)29(33)30(3)20-11-7-6-8-12-20/h9-10,13-14,17-18,20,26-27H,4-8,11-12,15-16H2,1-3H3/t26-,27+/m0/s1. The van der Waals surface area contributed by atoms with Crippen molar-refractivity contribution in [2.45, 2.75) is 70.4 Å². The molecule has 6 heteroatoms. The Labute approximate surface area is 208 Å². The summed E-state index contributed by atoms with van der Waals surface area (Å²) in [6, 6.07) is 11.6. The Bertz CT molecular complexity index is 1110. The molecule has 2 aliphatic heterocycles. The first-order chi connectivity index (χ1) is 17.0. The molecule has 1 aliphatic carbocycles. The number of hydrogen-bond donors (Lipinski definition) is 0. The van der Waals surface area contributed by atoms with E-state index in [1.165, 1.54) is 19.3 Å². The molecule has 6 nitrogen and oxygen atoms in total. The highest BCUT2D eigenvalue weighted by Gasteiger charge is 2.48. The molecule has 2 atom stereocenters. The molecule has 0 spiro atoms. The van der Waals surface area contributed by atoms with Crippen molar-refractivity contribution in [2.75, 3.05) is 26.8 Å². The maximum Gasteiger partial charge on any atom is 0.254 e. The monoisotopic (exact) mass is 476 g/mol. The number of carbonyl (C=O) groups is 2. The van der Waals surface area contributed by atoms with E-state index in [1.54, 1.807) is 0 Å². The maximum absolute atomic E-state index is 14.2. The summed E-state index contributed by atoms with van der Waals surface area (Å²) in [4.78, 5) is 31.8. The van der Waals surface area contributed by atoms with E-state index in [0.29, 0.717) is 31.1 Å². The number of likely N-dealkylation sites (N-methyl/N-ethyl adjacent to an activating group) is 1. The third kappa shape index (κ3) is 4.17. The van der Waals surface area contributed by atoms with E-state index in [4.69, 9.17) is 9.47 Å². The van der Waals surface area contributed by atoms with Crippen LogP contribution in [0.2, 0.25) is 0 Å². The highest BCUT2D eigenvalue weighted by Crippen LogP contribution is 2.49. The molecular formula is C29H36N2O4. The van der Waals surface area contributed by atoms with Gasteiger partial charge in [-0.25, -0.2) is 0 Å². The molecule has 0 aromatic heterocycles. The minimum atomic E-state index is -0.442. The van der Waals surface area contributed by atoms with Gasteiger partial charge < -0.3 is 19.3 Å². The smallest absolute Gasteiger partial charge is 0.254 e. The third-order valence-corrected chi connectivity index (χ3v) is 7.92. The molecule has 5 rings (SSSR count). The molecule has 35 heavy (non-hydrogen) atoms. The van der Waals surface area contributed by atoms with Crippen molar-refractivity contribution in [3.8, 4) is 11.5 Å². The summed E-state index contributed by atoms with van der Waals surface area (Å²) in [5.41, 5.74) is 3.62. The van der Waals surface area contributed by atoms with Gasteiger partial charge in [0.05, 0.1) is 25.2 Å². The van der Waals surface area contributed by atoms with Crippen LogP contribution < -0.4 is 9.47 Å². The van der Waals surface area contributed by atoms with Crippen molar-refractivity contribution in [3.05, 3.63) is 58.7 Å². The van der Waals surface area contributed by atoms with Crippen LogP contribution in [0, 0.1) is 0 Å². The molecule has 0 radical (unpaired) electrons. The lowest BCUT2D eigenvalue weighted by Crippen LogP contribution is -2.51. The Morgan fingerprint density at radius 2 is 1.69 bits per heavy atom. The van der Waals surface area contributed by atoms with E-state index in [1.807, 2.05) is 61.0 Å². The lowest BCUT2D eigenvalue weighted by atomic mass is 9.75. The number of amides is 2. The molecule has 0 N–H and O–H groups in total. The van der Waals surface area contributed by atoms with Gasteiger partial charge in [-0.15, -0.1) is 0 Å². The minimum absolute atomic E-state index is 0.00691. The van der Waals surface area contributed by atoms with E-state index in [2.05, 4.69) is 6.07 Å². The third-order valence-electron chi connectivity index (χ3n) is 7.92. The first-order valence-corrected chi connectivity index (χ1v) is 13.1. The molecule has 1 saturated carbocycles. The fourth-order valence-electron chi connectivity index (χ4n) is 6.20. The van der Waals surface area contributed by atoms with Crippen LogP contribution in [0.4, 0.5) is 0 Å². The highest BCUT2D eigenvalue weighted by atomic mass is 16.5. The maximum atomic E-state index is 14.2. The predicted molar refractivity (Wildman–Crippen MR) is 135 cm³/mol. The number of carbonyl (C=O) groups excluding carboxylic acids is 2. The topological polar surface area (TPSA) is 59.1 Å². The Kier molecular flexibility index (Phi) is 6.72. The average molecular weight is 477 g/mol. The van der Waals surface area contributed by atoms with Crippen molar-refractivity contribution < 1.29 is 19.1 Å². The number of hydrogen-bond acceptors (Lipinski definition) is 4. The van der Waals surface area contributed by atoms with Crippen LogP contribution in [-0.4, -0.2) is 54.5 Å². The molecule has 0 unspecified atom stereocenters. The second-order valence-electron chi connectivity index (χ2n) is 9.86. The molecule has 0 bridgehead atoms. The first kappa shape index (κ1) is 23.7. The fourth-order valence-corrected chi connectivity index (χ4v) is 6.20. The summed E-state index contributed by atoms with van der Waals surface area (Å²) < 4.78 is 11.8. The van der Waals surface area contributed by atoms with Gasteiger partial charge in [0.15, 0.2) is 11.5 Å². The van der Waals surface area contributed by atoms with Crippen LogP contribution in [0.1, 0.15) is 85.0 Å². The average Bonchev–Trinajstić information content (AvgIpc) is 2.89. The molecule has 3 aliphatic rings. The molecule has 0 saturated heterocycles. The lowest BCUT2D eigenvalue weighted by Gasteiger charge is -2.47. The molecule has 2 aromatic rings. The molecule has 2 heterocycles. The van der Waals surface area contributed by atoms with Gasteiger partial charge in [-0.2, -0.15) is 0 Å². The van der Waals surface area contributed by atoms with Gasteiger partial charge in [-0.1, -0.05) is 37.5 Å². The molecule has 186 valence electrons. The molecule has 1 fully saturated rings. The van der Waals surface area contributed by atoms with E-state index >= 15 is 0 Å². The summed E-state index contributed by atoms with van der Waals surface area (Å²) >= 11 is 0. The van der Waals surface area contributed by atoms with Crippen LogP contribution in [0.3, 0.4) is 0 Å². The van der Waals surface area contributed by atoms with Crippen LogP contribution in [0.5, 0.6) is 11.5 Å². The van der Waals surface area contributed by atoms with Crippen molar-refractivity contribution in [1.82, 2.24) is 9.80 Å². The van der Waals surface area contributed by atoms with Gasteiger partial charge >= 0.3 is 0 Å². The summed E-state index contributed by atoms with van der Waals surface area (Å²) in [6.45, 7) is 5.56. The van der Waals surface area contributed by atoms with Crippen molar-refractivity contribution in [3.63, 3.8) is 0 Å². The summed E-state index contributed by atoms with van der Waals surface area (Å²) in [5, 5.41) is 0. The second kappa shape index (κ2) is 9.92. The van der Waals surface area contributed by atoms with Gasteiger partial charge in [0.1, 0.15) is 0 Å². The number of fused-ring (bicyclic) bond motifs is 4. The quantitative estimate of drug-likeness (QED) is 0.581. The Morgan fingerprint density at radius 3 is 2.40 bits per heavy atom. The Hall–Kier alpha value is -3.02. The fraction of sp³-hybridized carbons (Fsp3) is 0.517. The molecular weight excluding hydrogens is 440 g/mol. The zero-order valence-electron chi connectivity index (χ0n) is 21.1. The van der Waals surface area contributed by atoms with Gasteiger partial charge in [-0.3, -0.25) is 9.59 Å². The first-order valence-electron chi connectivity index (χ1n) is 13.1. The minimum Gasteiger partial charge on any atom is -0.490 e. The van der Waals surface area contributed by atoms with Crippen LogP contribution in [-0.2, 0) is 11.2 Å². The SMILES string of the molecule is CCOc1cc2c(cc1OCC)[C@@H]1[C@@H](C(=O)N(C)C3CCCCC3)c3ccccc3C(=O)N1CC2. The normalized spacial score (nSPS) is 21.6. The van der Waals surface area contributed by atoms with Gasteiger partial charge in [0.25, 0.3) is 5.91 Å². The zero-order chi connectivity index (χ0) is 24.5. The summed E-state index contributed by atoms with van der Waals surface area (Å²) in [7, 11) is 1.95. The number of benzene rings is 2. The van der Waals surface area contributed by atoms with Crippen LogP contribution in [0.15, 0.2) is 36.4 Å². The summed E-state index contributed by atoms with van der Waals surface area (Å²) in [6.07, 6.45) is 6.40. The van der Waals surface area contributed by atoms with E-state index in [0.717, 1.165) is 41.7 Å². The number of ether oxygens (including phenoxy) is 2. The van der Waals surface area contributed by atoms with Crippen molar-refractivity contribution >= 4 is 11.8 Å². The second-order valence-corrected chi connectivity index (χ2v) is 9.86. The zero-order valence-corrected chi connectivity index (χ0v) is 21.1. The lowest BCUT2D eigenvalue weighted by molar-refractivity contribution is -0.136. The van der Waals surface area contributed by atoms with Crippen LogP contribution >= 0.6 is 0 Å². The predicted octanol–water partition coefficient (Wildman–Crippen LogP) is 5.11. The van der Waals surface area contributed by atoms with Gasteiger partial charge in [-0.05, 0) is 68.0 Å². The van der Waals surface area contributed by atoms with E-state index in [9.17, 15) is 9.59 Å². The van der Waals surface area contributed by atoms with Crippen molar-refractivity contribution in [2.24, 2.45) is 0 Å². The number of rotatable bonds is 6. The molecule has 2 amide bonds. The Morgan fingerprint density at radius 1 is 1.00 bits per heavy atom. The van der Waals surface area contributed by atoms with E-state index < -0.39 is 5.92 Å². The summed E-state index contributed by atoms with van der Waals surface area (Å²) in [5.74, 6) is 1.07. The molecule has 2 aromatic carbocycles. The largest absolute Gasteiger partial charge is 0.490 e. The van der Waals surface area contributed by atoms with Crippen molar-refractivity contribution in [1.29, 1.82) is 0 Å².